The molecular weight excluding hydrogens is 475 g/mol. The highest BCUT2D eigenvalue weighted by molar-refractivity contribution is 6.33. The topological polar surface area (TPSA) is 88.4 Å². The predicted octanol–water partition coefficient (Wildman–Crippen LogP) is 5.11. The normalized spacial score (nSPS) is 10.7. The first-order valence-corrected chi connectivity index (χ1v) is 11.2. The summed E-state index contributed by atoms with van der Waals surface area (Å²) in [6, 6.07) is 19.2. The van der Waals surface area contributed by atoms with E-state index in [4.69, 9.17) is 27.9 Å². The number of halogens is 2. The van der Waals surface area contributed by atoms with E-state index in [1.807, 2.05) is 24.3 Å². The fourth-order valence-electron chi connectivity index (χ4n) is 3.42. The first-order chi connectivity index (χ1) is 16.5. The average Bonchev–Trinajstić information content (AvgIpc) is 2.85. The number of hydrazine groups is 1. The molecule has 0 aliphatic heterocycles. The van der Waals surface area contributed by atoms with Gasteiger partial charge in [0.15, 0.2) is 0 Å². The molecule has 2 aromatic heterocycles. The van der Waals surface area contributed by atoms with Gasteiger partial charge >= 0.3 is 0 Å². The molecule has 2 heterocycles. The van der Waals surface area contributed by atoms with E-state index in [1.165, 1.54) is 6.07 Å². The Kier molecular flexibility index (Phi) is 7.69. The highest BCUT2D eigenvalue weighted by Gasteiger charge is 2.17. The van der Waals surface area contributed by atoms with Gasteiger partial charge in [-0.25, -0.2) is 0 Å². The van der Waals surface area contributed by atoms with Gasteiger partial charge in [0, 0.05) is 29.0 Å². The quantitative estimate of drug-likeness (QED) is 0.279. The first kappa shape index (κ1) is 23.6. The Bertz CT molecular complexity index is 1310. The molecule has 7 nitrogen and oxygen atoms in total. The number of nitrogens with one attached hydrogen (secondary N) is 2. The summed E-state index contributed by atoms with van der Waals surface area (Å²) in [6.07, 6.45) is 3.33. The standard InChI is InChI=1S/C25H22Cl2N4O3/c26-18-5-7-19(8-6-18)34-16-24-20(15-32)23(30-29-22-4-2-1-3-21(22)27)13-25(33)31(24)14-17-9-11-28-12-10-17/h1-13,29-30,32H,14-16H2. The molecule has 0 amide bonds. The summed E-state index contributed by atoms with van der Waals surface area (Å²) in [5, 5.41) is 11.4. The minimum atomic E-state index is -0.317. The average molecular weight is 497 g/mol. The maximum absolute atomic E-state index is 13.2. The molecule has 0 unspecified atom stereocenters. The minimum Gasteiger partial charge on any atom is -0.487 e. The van der Waals surface area contributed by atoms with Crippen LogP contribution in [0, 0.1) is 0 Å². The molecule has 34 heavy (non-hydrogen) atoms. The third-order valence-corrected chi connectivity index (χ3v) is 5.76. The summed E-state index contributed by atoms with van der Waals surface area (Å²) in [4.78, 5) is 17.2. The second-order valence-electron chi connectivity index (χ2n) is 7.39. The van der Waals surface area contributed by atoms with Crippen molar-refractivity contribution in [3.8, 4) is 5.75 Å². The molecule has 0 spiro atoms. The van der Waals surface area contributed by atoms with Gasteiger partial charge in [-0.15, -0.1) is 0 Å². The van der Waals surface area contributed by atoms with Gasteiger partial charge in [0.1, 0.15) is 12.4 Å². The van der Waals surface area contributed by atoms with Crippen LogP contribution in [0.3, 0.4) is 0 Å². The predicted molar refractivity (Wildman–Crippen MR) is 134 cm³/mol. The zero-order chi connectivity index (χ0) is 23.9. The number of ether oxygens (including phenoxy) is 1. The van der Waals surface area contributed by atoms with E-state index in [-0.39, 0.29) is 18.8 Å². The van der Waals surface area contributed by atoms with Gasteiger partial charge in [0.2, 0.25) is 0 Å². The maximum atomic E-state index is 13.2. The van der Waals surface area contributed by atoms with E-state index >= 15 is 0 Å². The van der Waals surface area contributed by atoms with Crippen LogP contribution in [0.2, 0.25) is 10.0 Å². The second kappa shape index (κ2) is 11.1. The van der Waals surface area contributed by atoms with Crippen molar-refractivity contribution in [3.05, 3.63) is 116 Å². The van der Waals surface area contributed by atoms with Gasteiger partial charge < -0.3 is 19.8 Å². The Morgan fingerprint density at radius 2 is 1.65 bits per heavy atom. The fraction of sp³-hybridized carbons (Fsp3) is 0.120. The van der Waals surface area contributed by atoms with Crippen molar-refractivity contribution in [3.63, 3.8) is 0 Å². The molecule has 3 N–H and O–H groups in total. The number of aliphatic hydroxyl groups is 1. The van der Waals surface area contributed by atoms with Crippen molar-refractivity contribution >= 4 is 34.6 Å². The SMILES string of the molecule is O=c1cc(NNc2ccccc2Cl)c(CO)c(COc2ccc(Cl)cc2)n1Cc1ccncc1. The molecule has 0 fully saturated rings. The zero-order valence-corrected chi connectivity index (χ0v) is 19.6. The third kappa shape index (κ3) is 5.69. The Hall–Kier alpha value is -3.52. The van der Waals surface area contributed by atoms with Crippen LogP contribution < -0.4 is 21.1 Å². The summed E-state index contributed by atoms with van der Waals surface area (Å²) in [5.74, 6) is 0.587. The van der Waals surface area contributed by atoms with E-state index < -0.39 is 0 Å². The number of hydrogen-bond donors (Lipinski definition) is 3. The molecular formula is C25H22Cl2N4O3. The molecule has 174 valence electrons. The van der Waals surface area contributed by atoms with E-state index in [9.17, 15) is 9.90 Å². The van der Waals surface area contributed by atoms with E-state index in [1.54, 1.807) is 53.4 Å². The second-order valence-corrected chi connectivity index (χ2v) is 8.24. The molecule has 0 bridgehead atoms. The minimum absolute atomic E-state index is 0.0550. The molecule has 0 atom stereocenters. The first-order valence-electron chi connectivity index (χ1n) is 10.5. The smallest absolute Gasteiger partial charge is 0.253 e. The van der Waals surface area contributed by atoms with Crippen molar-refractivity contribution < 1.29 is 9.84 Å². The number of rotatable bonds is 9. The largest absolute Gasteiger partial charge is 0.487 e. The Morgan fingerprint density at radius 3 is 2.35 bits per heavy atom. The fourth-order valence-corrected chi connectivity index (χ4v) is 3.73. The van der Waals surface area contributed by atoms with Crippen LogP contribution >= 0.6 is 23.2 Å². The van der Waals surface area contributed by atoms with Crippen molar-refractivity contribution in [2.75, 3.05) is 10.9 Å². The van der Waals surface area contributed by atoms with Crippen molar-refractivity contribution in [1.29, 1.82) is 0 Å². The number of para-hydroxylation sites is 1. The molecule has 4 aromatic rings. The lowest BCUT2D eigenvalue weighted by Gasteiger charge is -2.21. The van der Waals surface area contributed by atoms with Crippen molar-refractivity contribution in [1.82, 2.24) is 9.55 Å². The Morgan fingerprint density at radius 1 is 0.941 bits per heavy atom. The number of aliphatic hydroxyl groups excluding tert-OH is 1. The van der Waals surface area contributed by atoms with Gasteiger partial charge in [-0.2, -0.15) is 0 Å². The molecule has 0 radical (unpaired) electrons. The third-order valence-electron chi connectivity index (χ3n) is 5.18. The number of aromatic nitrogens is 2. The maximum Gasteiger partial charge on any atom is 0.253 e. The summed E-state index contributed by atoms with van der Waals surface area (Å²) >= 11 is 12.2. The van der Waals surface area contributed by atoms with Gasteiger partial charge in [-0.05, 0) is 54.1 Å². The lowest BCUT2D eigenvalue weighted by molar-refractivity contribution is 0.262. The molecule has 0 aliphatic carbocycles. The van der Waals surface area contributed by atoms with Crippen molar-refractivity contribution in [2.45, 2.75) is 19.8 Å². The number of hydrogen-bond acceptors (Lipinski definition) is 6. The molecule has 4 rings (SSSR count). The summed E-state index contributed by atoms with van der Waals surface area (Å²) < 4.78 is 7.53. The number of anilines is 2. The molecule has 2 aromatic carbocycles. The molecule has 9 heteroatoms. The monoisotopic (exact) mass is 496 g/mol. The Balaban J connectivity index is 1.70. The van der Waals surface area contributed by atoms with Crippen LogP contribution in [0.4, 0.5) is 11.4 Å². The van der Waals surface area contributed by atoms with Crippen molar-refractivity contribution in [2.24, 2.45) is 0 Å². The highest BCUT2D eigenvalue weighted by atomic mass is 35.5. The van der Waals surface area contributed by atoms with Gasteiger partial charge in [0.25, 0.3) is 5.56 Å². The van der Waals surface area contributed by atoms with Crippen LogP contribution in [0.15, 0.2) is 83.9 Å². The van der Waals surface area contributed by atoms with Crippen LogP contribution in [0.5, 0.6) is 5.75 Å². The van der Waals surface area contributed by atoms with E-state index in [2.05, 4.69) is 15.8 Å². The van der Waals surface area contributed by atoms with E-state index in [0.717, 1.165) is 5.56 Å². The summed E-state index contributed by atoms with van der Waals surface area (Å²) in [7, 11) is 0. The van der Waals surface area contributed by atoms with Crippen LogP contribution in [-0.4, -0.2) is 14.7 Å². The summed E-state index contributed by atoms with van der Waals surface area (Å²) in [5.41, 5.74) is 8.75. The van der Waals surface area contributed by atoms with E-state index in [0.29, 0.717) is 45.0 Å². The lowest BCUT2D eigenvalue weighted by atomic mass is 10.1. The van der Waals surface area contributed by atoms with Crippen LogP contribution in [0.25, 0.3) is 0 Å². The molecule has 0 saturated heterocycles. The van der Waals surface area contributed by atoms with Gasteiger partial charge in [-0.1, -0.05) is 35.3 Å². The Labute approximate surface area is 206 Å². The zero-order valence-electron chi connectivity index (χ0n) is 18.0. The number of benzene rings is 2. The number of pyridine rings is 2. The van der Waals surface area contributed by atoms with Crippen LogP contribution in [-0.2, 0) is 19.8 Å². The highest BCUT2D eigenvalue weighted by Crippen LogP contribution is 2.25. The van der Waals surface area contributed by atoms with Gasteiger partial charge in [-0.3, -0.25) is 15.2 Å². The number of nitrogens with zero attached hydrogens (tertiary/aromatic N) is 2. The lowest BCUT2D eigenvalue weighted by Crippen LogP contribution is -2.28. The van der Waals surface area contributed by atoms with Gasteiger partial charge in [0.05, 0.1) is 35.2 Å². The van der Waals surface area contributed by atoms with Crippen LogP contribution in [0.1, 0.15) is 16.8 Å². The summed E-state index contributed by atoms with van der Waals surface area (Å²) in [6.45, 7) is 0.0355. The molecule has 0 aliphatic rings. The molecule has 0 saturated carbocycles.